The Morgan fingerprint density at radius 2 is 2.15 bits per heavy atom. The number of piperidine rings is 1. The Balaban J connectivity index is 1.49. The molecule has 2 saturated heterocycles. The summed E-state index contributed by atoms with van der Waals surface area (Å²) in [6.45, 7) is 1.33. The van der Waals surface area contributed by atoms with E-state index in [0.29, 0.717) is 10.5 Å². The molecule has 1 atom stereocenters. The number of likely N-dealkylation sites (tertiary alicyclic amines) is 1. The van der Waals surface area contributed by atoms with Crippen LogP contribution < -0.4 is 5.32 Å². The van der Waals surface area contributed by atoms with Gasteiger partial charge in [0.2, 0.25) is 0 Å². The number of β-amino-alcohol motifs (C(OH)–C–C–N with tert-alkyl or cyclic N) is 1. The number of aliphatic hydroxyl groups is 1. The Kier molecular flexibility index (Phi) is 5.97. The fourth-order valence-electron chi connectivity index (χ4n) is 4.94. The standard InChI is InChI=1S/C24H25BrClFN4O2/c1-30-13-29-22-19(30)10-17(16(21(22)27)8-14-5-6-15(25)9-18(14)26)23(32)31-11-24(33,12-31)20-4-2-3-7-28-20/h5-6,9-10,13,20,28,33H,2-4,7-8,11-12H2,1H3/t20-/m0/s1. The van der Waals surface area contributed by atoms with Crippen molar-refractivity contribution >= 4 is 44.5 Å². The second-order valence-corrected chi connectivity index (χ2v) is 10.4. The molecule has 0 radical (unpaired) electrons. The summed E-state index contributed by atoms with van der Waals surface area (Å²) in [7, 11) is 1.77. The average molecular weight is 536 g/mol. The number of imidazole rings is 1. The summed E-state index contributed by atoms with van der Waals surface area (Å²) in [5, 5.41) is 14.9. The molecule has 2 aliphatic rings. The van der Waals surface area contributed by atoms with Crippen molar-refractivity contribution in [1.82, 2.24) is 19.8 Å². The van der Waals surface area contributed by atoms with Crippen LogP contribution >= 0.6 is 27.5 Å². The van der Waals surface area contributed by atoms with Crippen LogP contribution in [0.15, 0.2) is 35.1 Å². The number of carbonyl (C=O) groups excluding carboxylic acids is 1. The van der Waals surface area contributed by atoms with Gasteiger partial charge < -0.3 is 19.9 Å². The molecule has 3 heterocycles. The molecule has 2 N–H and O–H groups in total. The highest BCUT2D eigenvalue weighted by molar-refractivity contribution is 9.10. The Morgan fingerprint density at radius 3 is 2.85 bits per heavy atom. The maximum absolute atomic E-state index is 15.7. The number of hydrogen-bond donors (Lipinski definition) is 2. The number of aromatic nitrogens is 2. The molecule has 9 heteroatoms. The minimum Gasteiger partial charge on any atom is -0.385 e. The SMILES string of the molecule is Cn1cnc2c(F)c(Cc3ccc(Br)cc3Cl)c(C(=O)N3CC(O)([C@@H]4CCCCN4)C3)cc21. The van der Waals surface area contributed by atoms with Gasteiger partial charge in [0.1, 0.15) is 11.1 Å². The van der Waals surface area contributed by atoms with Crippen LogP contribution in [0.2, 0.25) is 5.02 Å². The van der Waals surface area contributed by atoms with E-state index in [-0.39, 0.29) is 48.1 Å². The van der Waals surface area contributed by atoms with E-state index in [9.17, 15) is 9.90 Å². The molecule has 0 aliphatic carbocycles. The van der Waals surface area contributed by atoms with Gasteiger partial charge in [0.05, 0.1) is 24.9 Å². The lowest BCUT2D eigenvalue weighted by Crippen LogP contribution is -2.72. The number of hydrogen-bond acceptors (Lipinski definition) is 4. The van der Waals surface area contributed by atoms with Gasteiger partial charge in [-0.2, -0.15) is 0 Å². The number of benzene rings is 2. The fraction of sp³-hybridized carbons (Fsp3) is 0.417. The lowest BCUT2D eigenvalue weighted by Gasteiger charge is -2.51. The second kappa shape index (κ2) is 8.65. The van der Waals surface area contributed by atoms with Crippen LogP contribution in [0.1, 0.15) is 40.7 Å². The summed E-state index contributed by atoms with van der Waals surface area (Å²) in [6, 6.07) is 7.09. The summed E-state index contributed by atoms with van der Waals surface area (Å²) in [5.74, 6) is -0.805. The number of amides is 1. The van der Waals surface area contributed by atoms with E-state index >= 15 is 4.39 Å². The molecule has 6 nitrogen and oxygen atoms in total. The van der Waals surface area contributed by atoms with Crippen LogP contribution in [0.3, 0.4) is 0 Å². The fourth-order valence-corrected chi connectivity index (χ4v) is 5.68. The molecule has 0 spiro atoms. The van der Waals surface area contributed by atoms with E-state index in [2.05, 4.69) is 26.2 Å². The summed E-state index contributed by atoms with van der Waals surface area (Å²) in [5.41, 5.74) is 1.09. The van der Waals surface area contributed by atoms with Crippen LogP contribution in [-0.2, 0) is 13.5 Å². The quantitative estimate of drug-likeness (QED) is 0.529. The molecule has 0 saturated carbocycles. The predicted molar refractivity (Wildman–Crippen MR) is 129 cm³/mol. The Labute approximate surface area is 204 Å². The first kappa shape index (κ1) is 22.8. The zero-order valence-corrected chi connectivity index (χ0v) is 20.6. The van der Waals surface area contributed by atoms with E-state index in [1.54, 1.807) is 28.6 Å². The Hall–Kier alpha value is -2.00. The number of nitrogens with zero attached hydrogens (tertiary/aromatic N) is 3. The maximum atomic E-state index is 15.7. The van der Waals surface area contributed by atoms with Gasteiger partial charge >= 0.3 is 0 Å². The largest absolute Gasteiger partial charge is 0.385 e. The number of nitrogens with one attached hydrogen (secondary N) is 1. The van der Waals surface area contributed by atoms with E-state index in [1.807, 2.05) is 12.1 Å². The number of rotatable bonds is 4. The molecule has 0 bridgehead atoms. The van der Waals surface area contributed by atoms with Gasteiger partial charge in [-0.1, -0.05) is 40.0 Å². The van der Waals surface area contributed by atoms with Crippen LogP contribution in [0.25, 0.3) is 11.0 Å². The van der Waals surface area contributed by atoms with Crippen molar-refractivity contribution in [3.63, 3.8) is 0 Å². The molecule has 2 aromatic carbocycles. The van der Waals surface area contributed by atoms with Gasteiger partial charge in [0.15, 0.2) is 5.82 Å². The maximum Gasteiger partial charge on any atom is 0.254 e. The molecule has 2 fully saturated rings. The smallest absolute Gasteiger partial charge is 0.254 e. The molecular weight excluding hydrogens is 511 g/mol. The van der Waals surface area contributed by atoms with Gasteiger partial charge in [-0.15, -0.1) is 0 Å². The summed E-state index contributed by atoms with van der Waals surface area (Å²) < 4.78 is 18.2. The van der Waals surface area contributed by atoms with Crippen molar-refractivity contribution in [3.05, 3.63) is 62.6 Å². The molecule has 0 unspecified atom stereocenters. The highest BCUT2D eigenvalue weighted by Gasteiger charge is 2.49. The molecule has 174 valence electrons. The molecule has 3 aromatic rings. The first-order valence-electron chi connectivity index (χ1n) is 11.1. The first-order valence-corrected chi connectivity index (χ1v) is 12.3. The molecule has 5 rings (SSSR count). The highest BCUT2D eigenvalue weighted by Crippen LogP contribution is 2.34. The highest BCUT2D eigenvalue weighted by atomic mass is 79.9. The number of fused-ring (bicyclic) bond motifs is 1. The minimum absolute atomic E-state index is 0.0207. The van der Waals surface area contributed by atoms with Crippen LogP contribution in [0.5, 0.6) is 0 Å². The van der Waals surface area contributed by atoms with E-state index in [0.717, 1.165) is 35.8 Å². The van der Waals surface area contributed by atoms with Gasteiger partial charge in [-0.25, -0.2) is 9.37 Å². The molecule has 2 aliphatic heterocycles. The van der Waals surface area contributed by atoms with Gasteiger partial charge in [-0.3, -0.25) is 4.79 Å². The molecule has 33 heavy (non-hydrogen) atoms. The second-order valence-electron chi connectivity index (χ2n) is 9.12. The van der Waals surface area contributed by atoms with Gasteiger partial charge in [-0.05, 0) is 43.1 Å². The third-order valence-electron chi connectivity index (χ3n) is 6.85. The monoisotopic (exact) mass is 534 g/mol. The van der Waals surface area contributed by atoms with Crippen LogP contribution in [0, 0.1) is 5.82 Å². The number of aryl methyl sites for hydroxylation is 1. The van der Waals surface area contributed by atoms with Crippen molar-refractivity contribution in [1.29, 1.82) is 0 Å². The summed E-state index contributed by atoms with van der Waals surface area (Å²) >= 11 is 9.79. The zero-order valence-electron chi connectivity index (χ0n) is 18.2. The third kappa shape index (κ3) is 4.07. The minimum atomic E-state index is -0.944. The normalized spacial score (nSPS) is 20.2. The summed E-state index contributed by atoms with van der Waals surface area (Å²) in [4.78, 5) is 19.3. The van der Waals surface area contributed by atoms with Crippen molar-refractivity contribution in [3.8, 4) is 0 Å². The predicted octanol–water partition coefficient (Wildman–Crippen LogP) is 4.05. The summed E-state index contributed by atoms with van der Waals surface area (Å²) in [6.07, 6.45) is 4.75. The lowest BCUT2D eigenvalue weighted by atomic mass is 9.81. The Morgan fingerprint density at radius 1 is 1.36 bits per heavy atom. The van der Waals surface area contributed by atoms with Crippen LogP contribution in [-0.4, -0.2) is 56.7 Å². The van der Waals surface area contributed by atoms with E-state index in [1.165, 1.54) is 6.33 Å². The van der Waals surface area contributed by atoms with Crippen molar-refractivity contribution in [2.75, 3.05) is 19.6 Å². The average Bonchev–Trinajstić information content (AvgIpc) is 3.16. The number of halogens is 3. The van der Waals surface area contributed by atoms with E-state index in [4.69, 9.17) is 11.6 Å². The number of carbonyl (C=O) groups is 1. The lowest BCUT2D eigenvalue weighted by molar-refractivity contribution is -0.108. The zero-order chi connectivity index (χ0) is 23.3. The molecule has 1 aromatic heterocycles. The third-order valence-corrected chi connectivity index (χ3v) is 7.70. The van der Waals surface area contributed by atoms with Gasteiger partial charge in [0, 0.05) is 40.1 Å². The molecular formula is C24H25BrClFN4O2. The van der Waals surface area contributed by atoms with Crippen molar-refractivity contribution < 1.29 is 14.3 Å². The van der Waals surface area contributed by atoms with Gasteiger partial charge in [0.25, 0.3) is 5.91 Å². The van der Waals surface area contributed by atoms with Crippen LogP contribution in [0.4, 0.5) is 4.39 Å². The van der Waals surface area contributed by atoms with Crippen molar-refractivity contribution in [2.24, 2.45) is 7.05 Å². The topological polar surface area (TPSA) is 70.4 Å². The van der Waals surface area contributed by atoms with E-state index < -0.39 is 11.4 Å². The molecule has 1 amide bonds. The Bertz CT molecular complexity index is 1230. The van der Waals surface area contributed by atoms with Crippen molar-refractivity contribution in [2.45, 2.75) is 37.3 Å². The first-order chi connectivity index (χ1) is 15.8.